The molecule has 0 bridgehead atoms. The molecule has 2 aromatic carbocycles. The molecule has 0 aromatic heterocycles. The maximum atomic E-state index is 3.72. The first kappa shape index (κ1) is 16.7. The minimum Gasteiger partial charge on any atom is -0.382 e. The van der Waals surface area contributed by atoms with Crippen molar-refractivity contribution >= 4 is 5.69 Å². The monoisotopic (exact) mass is 334 g/mol. The Labute approximate surface area is 152 Å². The fourth-order valence-corrected chi connectivity index (χ4v) is 4.78. The van der Waals surface area contributed by atoms with Gasteiger partial charge in [-0.2, -0.15) is 0 Å². The molecule has 4 rings (SSSR count). The van der Waals surface area contributed by atoms with Gasteiger partial charge < -0.3 is 5.32 Å². The molecule has 0 radical (unpaired) electrons. The number of anilines is 1. The zero-order valence-corrected chi connectivity index (χ0v) is 15.1. The van der Waals surface area contributed by atoms with Crippen molar-refractivity contribution in [2.75, 3.05) is 18.4 Å². The molecule has 2 heteroatoms. The smallest absolute Gasteiger partial charge is 0.0342 e. The third kappa shape index (κ3) is 4.07. The summed E-state index contributed by atoms with van der Waals surface area (Å²) in [5, 5.41) is 3.72. The maximum absolute atomic E-state index is 3.72. The van der Waals surface area contributed by atoms with Crippen LogP contribution in [0.4, 0.5) is 5.69 Å². The zero-order chi connectivity index (χ0) is 16.9. The molecular weight excluding hydrogens is 304 g/mol. The van der Waals surface area contributed by atoms with E-state index in [4.69, 9.17) is 0 Å². The highest BCUT2D eigenvalue weighted by molar-refractivity contribution is 5.43. The van der Waals surface area contributed by atoms with Crippen molar-refractivity contribution in [2.24, 2.45) is 0 Å². The van der Waals surface area contributed by atoms with Crippen LogP contribution in [0, 0.1) is 0 Å². The lowest BCUT2D eigenvalue weighted by atomic mass is 9.78. The Kier molecular flexibility index (Phi) is 5.37. The normalized spacial score (nSPS) is 25.6. The quantitative estimate of drug-likeness (QED) is 0.817. The highest BCUT2D eigenvalue weighted by atomic mass is 15.2. The van der Waals surface area contributed by atoms with E-state index in [9.17, 15) is 0 Å². The van der Waals surface area contributed by atoms with Crippen molar-refractivity contribution in [2.45, 2.75) is 56.5 Å². The van der Waals surface area contributed by atoms with Crippen LogP contribution < -0.4 is 5.32 Å². The molecule has 2 atom stereocenters. The van der Waals surface area contributed by atoms with Crippen LogP contribution in [0.25, 0.3) is 0 Å². The van der Waals surface area contributed by atoms with Crippen molar-refractivity contribution in [3.8, 4) is 0 Å². The molecule has 132 valence electrons. The number of piperidine rings is 1. The summed E-state index contributed by atoms with van der Waals surface area (Å²) in [6.45, 7) is 2.47. The number of hydrogen-bond donors (Lipinski definition) is 1. The van der Waals surface area contributed by atoms with Crippen LogP contribution in [-0.2, 0) is 0 Å². The standard InChI is InChI=1S/C23H30N2/c1-3-9-19(10-4-1)22-13-7-8-14-23(22)25-17-15-21(16-18-25)24-20-11-5-2-6-12-20/h1-6,9-12,21-24H,7-8,13-18H2. The summed E-state index contributed by atoms with van der Waals surface area (Å²) in [6, 6.07) is 23.3. The second-order valence-electron chi connectivity index (χ2n) is 7.69. The average Bonchev–Trinajstić information content (AvgIpc) is 2.70. The first-order chi connectivity index (χ1) is 12.4. The van der Waals surface area contributed by atoms with Crippen LogP contribution >= 0.6 is 0 Å². The van der Waals surface area contributed by atoms with E-state index in [0.717, 1.165) is 12.0 Å². The van der Waals surface area contributed by atoms with E-state index in [1.165, 1.54) is 57.3 Å². The average molecular weight is 335 g/mol. The van der Waals surface area contributed by atoms with Gasteiger partial charge in [0, 0.05) is 30.9 Å². The van der Waals surface area contributed by atoms with E-state index in [1.54, 1.807) is 5.56 Å². The van der Waals surface area contributed by atoms with E-state index in [0.29, 0.717) is 6.04 Å². The predicted molar refractivity (Wildman–Crippen MR) is 106 cm³/mol. The number of likely N-dealkylation sites (tertiary alicyclic amines) is 1. The summed E-state index contributed by atoms with van der Waals surface area (Å²) in [7, 11) is 0. The Balaban J connectivity index is 1.37. The van der Waals surface area contributed by atoms with Gasteiger partial charge in [-0.3, -0.25) is 4.90 Å². The number of benzene rings is 2. The van der Waals surface area contributed by atoms with E-state index >= 15 is 0 Å². The van der Waals surface area contributed by atoms with Gasteiger partial charge in [0.25, 0.3) is 0 Å². The Morgan fingerprint density at radius 1 is 0.720 bits per heavy atom. The number of rotatable bonds is 4. The highest BCUT2D eigenvalue weighted by Crippen LogP contribution is 2.37. The van der Waals surface area contributed by atoms with E-state index in [1.807, 2.05) is 0 Å². The Morgan fingerprint density at radius 3 is 2.08 bits per heavy atom. The summed E-state index contributed by atoms with van der Waals surface area (Å²) in [5.41, 5.74) is 2.82. The lowest BCUT2D eigenvalue weighted by molar-refractivity contribution is 0.109. The molecule has 1 heterocycles. The molecule has 1 N–H and O–H groups in total. The van der Waals surface area contributed by atoms with Crippen LogP contribution in [-0.4, -0.2) is 30.1 Å². The molecule has 1 aliphatic heterocycles. The molecule has 25 heavy (non-hydrogen) atoms. The minimum absolute atomic E-state index is 0.623. The lowest BCUT2D eigenvalue weighted by Crippen LogP contribution is -2.47. The summed E-state index contributed by atoms with van der Waals surface area (Å²) < 4.78 is 0. The summed E-state index contributed by atoms with van der Waals surface area (Å²) in [6.07, 6.45) is 8.03. The van der Waals surface area contributed by atoms with Crippen molar-refractivity contribution in [1.82, 2.24) is 4.90 Å². The fraction of sp³-hybridized carbons (Fsp3) is 0.478. The largest absolute Gasteiger partial charge is 0.382 e. The van der Waals surface area contributed by atoms with Crippen LogP contribution in [0.15, 0.2) is 60.7 Å². The Hall–Kier alpha value is -1.80. The molecule has 2 aromatic rings. The van der Waals surface area contributed by atoms with Crippen molar-refractivity contribution in [3.05, 3.63) is 66.2 Å². The van der Waals surface area contributed by atoms with Crippen molar-refractivity contribution in [3.63, 3.8) is 0 Å². The molecule has 1 saturated carbocycles. The van der Waals surface area contributed by atoms with E-state index in [-0.39, 0.29) is 0 Å². The molecule has 2 unspecified atom stereocenters. The van der Waals surface area contributed by atoms with Gasteiger partial charge in [-0.1, -0.05) is 61.4 Å². The van der Waals surface area contributed by atoms with Crippen LogP contribution in [0.1, 0.15) is 50.0 Å². The molecule has 2 aliphatic rings. The van der Waals surface area contributed by atoms with Crippen molar-refractivity contribution < 1.29 is 0 Å². The number of para-hydroxylation sites is 1. The summed E-state index contributed by atoms with van der Waals surface area (Å²) in [5.74, 6) is 0.730. The van der Waals surface area contributed by atoms with Crippen LogP contribution in [0.3, 0.4) is 0 Å². The van der Waals surface area contributed by atoms with Gasteiger partial charge in [-0.25, -0.2) is 0 Å². The van der Waals surface area contributed by atoms with Gasteiger partial charge in [0.1, 0.15) is 0 Å². The van der Waals surface area contributed by atoms with Crippen molar-refractivity contribution in [1.29, 1.82) is 0 Å². The predicted octanol–water partition coefficient (Wildman–Crippen LogP) is 5.29. The number of nitrogens with zero attached hydrogens (tertiary/aromatic N) is 1. The van der Waals surface area contributed by atoms with Gasteiger partial charge in [-0.15, -0.1) is 0 Å². The second kappa shape index (κ2) is 8.05. The molecule has 2 nitrogen and oxygen atoms in total. The van der Waals surface area contributed by atoms with E-state index < -0.39 is 0 Å². The Morgan fingerprint density at radius 2 is 1.36 bits per heavy atom. The molecule has 2 fully saturated rings. The van der Waals surface area contributed by atoms with Gasteiger partial charge in [0.15, 0.2) is 0 Å². The zero-order valence-electron chi connectivity index (χ0n) is 15.1. The number of hydrogen-bond acceptors (Lipinski definition) is 2. The SMILES string of the molecule is c1ccc(NC2CCN(C3CCCCC3c3ccccc3)CC2)cc1. The van der Waals surface area contributed by atoms with Gasteiger partial charge >= 0.3 is 0 Å². The van der Waals surface area contributed by atoms with Crippen LogP contribution in [0.5, 0.6) is 0 Å². The summed E-state index contributed by atoms with van der Waals surface area (Å²) in [4.78, 5) is 2.79. The molecule has 1 aliphatic carbocycles. The summed E-state index contributed by atoms with van der Waals surface area (Å²) >= 11 is 0. The number of nitrogens with one attached hydrogen (secondary N) is 1. The minimum atomic E-state index is 0.623. The van der Waals surface area contributed by atoms with Gasteiger partial charge in [0.2, 0.25) is 0 Å². The second-order valence-corrected chi connectivity index (χ2v) is 7.69. The third-order valence-electron chi connectivity index (χ3n) is 6.10. The fourth-order valence-electron chi connectivity index (χ4n) is 4.78. The van der Waals surface area contributed by atoms with Crippen LogP contribution in [0.2, 0.25) is 0 Å². The molecular formula is C23H30N2. The van der Waals surface area contributed by atoms with Gasteiger partial charge in [-0.05, 0) is 49.3 Å². The highest BCUT2D eigenvalue weighted by Gasteiger charge is 2.33. The maximum Gasteiger partial charge on any atom is 0.0342 e. The first-order valence-electron chi connectivity index (χ1n) is 10.0. The third-order valence-corrected chi connectivity index (χ3v) is 6.10. The first-order valence-corrected chi connectivity index (χ1v) is 10.0. The molecule has 0 amide bonds. The topological polar surface area (TPSA) is 15.3 Å². The van der Waals surface area contributed by atoms with E-state index in [2.05, 4.69) is 70.9 Å². The van der Waals surface area contributed by atoms with Gasteiger partial charge in [0.05, 0.1) is 0 Å². The molecule has 0 spiro atoms. The Bertz CT molecular complexity index is 632. The molecule has 1 saturated heterocycles. The lowest BCUT2D eigenvalue weighted by Gasteiger charge is -2.44.